The van der Waals surface area contributed by atoms with Crippen molar-refractivity contribution in [1.82, 2.24) is 0 Å². The molecule has 0 radical (unpaired) electrons. The maximum absolute atomic E-state index is 7.18. The van der Waals surface area contributed by atoms with Crippen LogP contribution in [0.4, 0.5) is 11.4 Å². The summed E-state index contributed by atoms with van der Waals surface area (Å²) in [6.45, 7) is 14.1. The van der Waals surface area contributed by atoms with Crippen molar-refractivity contribution in [3.05, 3.63) is 141 Å². The van der Waals surface area contributed by atoms with Crippen LogP contribution in [0.25, 0.3) is 0 Å². The predicted octanol–water partition coefficient (Wildman–Crippen LogP) is 9.57. The average Bonchev–Trinajstić information content (AvgIpc) is 3.36. The number of fused-ring (bicyclic) bond motifs is 2. The van der Waals surface area contributed by atoms with Gasteiger partial charge in [0.1, 0.15) is 0 Å². The smallest absolute Gasteiger partial charge is 0.229 e. The zero-order chi connectivity index (χ0) is 31.1. The SMILES string of the molecule is CC#C[N+]1=C(/C=C/C2=C(Cl)C(=C/C=C3/N(Cc4ccc(C)cc4)c4ccccc4C3(C)C)/CCC2)C(C)(C)c2ccccc21.O. The maximum Gasteiger partial charge on any atom is 0.229 e. The highest BCUT2D eigenvalue weighted by atomic mass is 35.5. The molecule has 4 heteroatoms. The van der Waals surface area contributed by atoms with Gasteiger partial charge in [0.2, 0.25) is 17.4 Å². The van der Waals surface area contributed by atoms with Gasteiger partial charge in [-0.3, -0.25) is 0 Å². The molecule has 0 atom stereocenters. The van der Waals surface area contributed by atoms with Crippen molar-refractivity contribution in [3.8, 4) is 12.0 Å². The molecule has 0 spiro atoms. The summed E-state index contributed by atoms with van der Waals surface area (Å²) < 4.78 is 2.15. The molecular weight excluding hydrogens is 572 g/mol. The van der Waals surface area contributed by atoms with Crippen molar-refractivity contribution in [3.63, 3.8) is 0 Å². The van der Waals surface area contributed by atoms with Gasteiger partial charge in [-0.15, -0.1) is 4.58 Å². The normalized spacial score (nSPS) is 19.9. The van der Waals surface area contributed by atoms with E-state index in [-0.39, 0.29) is 16.3 Å². The van der Waals surface area contributed by atoms with E-state index in [0.717, 1.165) is 36.5 Å². The molecule has 3 aliphatic rings. The minimum atomic E-state index is -0.147. The van der Waals surface area contributed by atoms with Gasteiger partial charge in [-0.2, -0.15) is 0 Å². The summed E-state index contributed by atoms with van der Waals surface area (Å²) in [5.41, 5.74) is 12.3. The van der Waals surface area contributed by atoms with Gasteiger partial charge in [-0.1, -0.05) is 104 Å². The summed E-state index contributed by atoms with van der Waals surface area (Å²) in [5, 5.41) is 0.879. The number of hydrogen-bond acceptors (Lipinski definition) is 1. The van der Waals surface area contributed by atoms with Crippen LogP contribution in [-0.2, 0) is 17.4 Å². The molecule has 2 aliphatic heterocycles. The van der Waals surface area contributed by atoms with Crippen LogP contribution >= 0.6 is 11.6 Å². The Kier molecular flexibility index (Phi) is 9.13. The Morgan fingerprint density at radius 1 is 0.844 bits per heavy atom. The van der Waals surface area contributed by atoms with Crippen molar-refractivity contribution < 1.29 is 10.1 Å². The lowest BCUT2D eigenvalue weighted by Gasteiger charge is -2.27. The van der Waals surface area contributed by atoms with E-state index in [4.69, 9.17) is 11.6 Å². The number of anilines is 1. The second-order valence-corrected chi connectivity index (χ2v) is 13.6. The van der Waals surface area contributed by atoms with E-state index in [9.17, 15) is 0 Å². The first-order valence-electron chi connectivity index (χ1n) is 15.7. The Morgan fingerprint density at radius 3 is 2.27 bits per heavy atom. The fourth-order valence-electron chi connectivity index (χ4n) is 7.01. The highest BCUT2D eigenvalue weighted by molar-refractivity contribution is 6.32. The molecule has 0 aromatic heterocycles. The zero-order valence-electron chi connectivity index (χ0n) is 27.3. The van der Waals surface area contributed by atoms with Gasteiger partial charge in [0, 0.05) is 53.0 Å². The average molecular weight is 616 g/mol. The fourth-order valence-corrected chi connectivity index (χ4v) is 7.33. The van der Waals surface area contributed by atoms with Crippen LogP contribution in [0.15, 0.2) is 119 Å². The predicted molar refractivity (Wildman–Crippen MR) is 190 cm³/mol. The van der Waals surface area contributed by atoms with Crippen LogP contribution in [-0.4, -0.2) is 15.8 Å². The molecule has 2 heterocycles. The number of hydrogen-bond donors (Lipinski definition) is 0. The maximum atomic E-state index is 7.18. The van der Waals surface area contributed by atoms with Crippen LogP contribution in [0, 0.1) is 18.9 Å². The Hall–Kier alpha value is -4.10. The van der Waals surface area contributed by atoms with E-state index in [0.29, 0.717) is 0 Å². The van der Waals surface area contributed by atoms with Crippen molar-refractivity contribution >= 4 is 28.7 Å². The number of rotatable bonds is 5. The first kappa shape index (κ1) is 32.3. The van der Waals surface area contributed by atoms with Crippen LogP contribution in [0.2, 0.25) is 0 Å². The molecule has 0 saturated carbocycles. The number of benzene rings is 3. The van der Waals surface area contributed by atoms with E-state index in [1.807, 2.05) is 6.92 Å². The molecule has 3 aromatic rings. The number of para-hydroxylation sites is 2. The number of aryl methyl sites for hydroxylation is 1. The summed E-state index contributed by atoms with van der Waals surface area (Å²) in [7, 11) is 0. The van der Waals surface area contributed by atoms with Gasteiger partial charge in [-0.05, 0) is 80.4 Å². The standard InChI is InChI=1S/C41H42ClN2.H2O/c1-7-27-43-35-17-10-8-15-33(35)40(3,4)37(43)25-23-31-13-12-14-32(39(31)42)24-26-38-41(5,6)34-16-9-11-18-36(34)44(38)28-30-21-19-29(2)20-22-30;/h8-11,15-26H,12-14,28H2,1-6H3;1H2/q+1;. The zero-order valence-corrected chi connectivity index (χ0v) is 28.1. The highest BCUT2D eigenvalue weighted by Gasteiger charge is 2.44. The molecule has 0 saturated heterocycles. The fraction of sp³-hybridized carbons (Fsp3) is 0.293. The van der Waals surface area contributed by atoms with Gasteiger partial charge < -0.3 is 10.4 Å². The molecule has 0 bridgehead atoms. The molecule has 0 fully saturated rings. The third-order valence-corrected chi connectivity index (χ3v) is 10.0. The van der Waals surface area contributed by atoms with Gasteiger partial charge in [-0.25, -0.2) is 0 Å². The molecule has 0 amide bonds. The first-order valence-corrected chi connectivity index (χ1v) is 16.1. The van der Waals surface area contributed by atoms with Gasteiger partial charge in [0.25, 0.3) is 0 Å². The largest absolute Gasteiger partial charge is 0.412 e. The number of allylic oxidation sites excluding steroid dienone is 8. The van der Waals surface area contributed by atoms with Gasteiger partial charge >= 0.3 is 0 Å². The van der Waals surface area contributed by atoms with E-state index >= 15 is 0 Å². The quantitative estimate of drug-likeness (QED) is 0.208. The van der Waals surface area contributed by atoms with Crippen molar-refractivity contribution in [1.29, 1.82) is 0 Å². The Bertz CT molecular complexity index is 1840. The van der Waals surface area contributed by atoms with Crippen molar-refractivity contribution in [2.45, 2.75) is 78.2 Å². The topological polar surface area (TPSA) is 37.8 Å². The summed E-state index contributed by atoms with van der Waals surface area (Å²) in [6, 6.07) is 29.6. The highest BCUT2D eigenvalue weighted by Crippen LogP contribution is 2.48. The number of halogens is 1. The Labute approximate surface area is 274 Å². The lowest BCUT2D eigenvalue weighted by molar-refractivity contribution is -0.332. The lowest BCUT2D eigenvalue weighted by atomic mass is 9.81. The van der Waals surface area contributed by atoms with Gasteiger partial charge in [0.05, 0.1) is 5.41 Å². The molecule has 1 aliphatic carbocycles. The number of nitrogens with zero attached hydrogens (tertiary/aromatic N) is 2. The van der Waals surface area contributed by atoms with E-state index in [1.165, 1.54) is 50.5 Å². The molecule has 3 nitrogen and oxygen atoms in total. The summed E-state index contributed by atoms with van der Waals surface area (Å²) in [4.78, 5) is 2.48. The third-order valence-electron chi connectivity index (χ3n) is 9.52. The monoisotopic (exact) mass is 615 g/mol. The van der Waals surface area contributed by atoms with Crippen molar-refractivity contribution in [2.75, 3.05) is 4.90 Å². The first-order chi connectivity index (χ1) is 21.1. The molecule has 0 unspecified atom stereocenters. The minimum Gasteiger partial charge on any atom is -0.412 e. The molecule has 45 heavy (non-hydrogen) atoms. The third kappa shape index (κ3) is 5.86. The second-order valence-electron chi connectivity index (χ2n) is 13.2. The van der Waals surface area contributed by atoms with Crippen molar-refractivity contribution in [2.24, 2.45) is 0 Å². The Balaban J connectivity index is 0.00000400. The van der Waals surface area contributed by atoms with E-state index in [2.05, 4.69) is 153 Å². The van der Waals surface area contributed by atoms with Crippen LogP contribution in [0.3, 0.4) is 0 Å². The summed E-state index contributed by atoms with van der Waals surface area (Å²) >= 11 is 7.18. The molecule has 3 aromatic carbocycles. The molecular formula is C41H44ClN2O+. The van der Waals surface area contributed by atoms with Crippen LogP contribution < -0.4 is 4.90 Å². The van der Waals surface area contributed by atoms with E-state index < -0.39 is 0 Å². The molecule has 6 rings (SSSR count). The Morgan fingerprint density at radius 2 is 1.53 bits per heavy atom. The van der Waals surface area contributed by atoms with E-state index in [1.54, 1.807) is 0 Å². The summed E-state index contributed by atoms with van der Waals surface area (Å²) in [5.74, 6) is 3.11. The molecule has 230 valence electrons. The van der Waals surface area contributed by atoms with Crippen LogP contribution in [0.5, 0.6) is 0 Å². The summed E-state index contributed by atoms with van der Waals surface area (Å²) in [6.07, 6.45) is 12.1. The van der Waals surface area contributed by atoms with Crippen LogP contribution in [0.1, 0.15) is 76.1 Å². The van der Waals surface area contributed by atoms with Gasteiger partial charge in [0.15, 0.2) is 0 Å². The second kappa shape index (κ2) is 12.7. The molecule has 2 N–H and O–H groups in total. The minimum absolute atomic E-state index is 0. The lowest BCUT2D eigenvalue weighted by Crippen LogP contribution is -2.26.